The van der Waals surface area contributed by atoms with Crippen LogP contribution in [0, 0.1) is 0 Å². The molecule has 29 heavy (non-hydrogen) atoms. The smallest absolute Gasteiger partial charge is 0.0159 e. The number of fused-ring (bicyclic) bond motifs is 3. The minimum absolute atomic E-state index is 0.0381. The molecule has 1 aliphatic rings. The van der Waals surface area contributed by atoms with E-state index in [1.54, 1.807) is 0 Å². The average molecular weight is 383 g/mol. The zero-order chi connectivity index (χ0) is 21.2. The number of hydrogen-bond acceptors (Lipinski definition) is 0. The molecule has 0 aliphatic heterocycles. The van der Waals surface area contributed by atoms with Gasteiger partial charge >= 0.3 is 0 Å². The Kier molecular flexibility index (Phi) is 4.35. The van der Waals surface area contributed by atoms with E-state index < -0.39 is 0 Å². The summed E-state index contributed by atoms with van der Waals surface area (Å²) in [5, 5.41) is 0. The van der Waals surface area contributed by atoms with Crippen molar-refractivity contribution in [3.63, 3.8) is 0 Å². The first-order chi connectivity index (χ1) is 13.4. The predicted octanol–water partition coefficient (Wildman–Crippen LogP) is 8.25. The normalized spacial score (nSPS) is 15.2. The van der Waals surface area contributed by atoms with E-state index in [1.165, 1.54) is 44.5 Å². The summed E-state index contributed by atoms with van der Waals surface area (Å²) in [7, 11) is 0. The summed E-state index contributed by atoms with van der Waals surface area (Å²) < 4.78 is 0. The van der Waals surface area contributed by atoms with Crippen LogP contribution in [0.5, 0.6) is 0 Å². The molecule has 3 aromatic rings. The maximum absolute atomic E-state index is 2.43. The van der Waals surface area contributed by atoms with Crippen LogP contribution in [-0.2, 0) is 16.2 Å². The summed E-state index contributed by atoms with van der Waals surface area (Å²) >= 11 is 0. The number of benzene rings is 3. The molecule has 0 atom stereocenters. The third-order valence-corrected chi connectivity index (χ3v) is 6.58. The Labute approximate surface area is 177 Å². The van der Waals surface area contributed by atoms with Gasteiger partial charge in [-0.05, 0) is 61.4 Å². The Hall–Kier alpha value is -2.34. The van der Waals surface area contributed by atoms with Crippen LogP contribution in [0.3, 0.4) is 0 Å². The van der Waals surface area contributed by atoms with Crippen molar-refractivity contribution in [1.29, 1.82) is 0 Å². The molecule has 0 heterocycles. The molecule has 0 spiro atoms. The summed E-state index contributed by atoms with van der Waals surface area (Å²) in [5.41, 5.74) is 11.4. The zero-order valence-electron chi connectivity index (χ0n) is 19.3. The maximum Gasteiger partial charge on any atom is 0.0159 e. The minimum atomic E-state index is 0.0381. The van der Waals surface area contributed by atoms with Crippen LogP contribution >= 0.6 is 0 Å². The Balaban J connectivity index is 1.91. The lowest BCUT2D eigenvalue weighted by molar-refractivity contribution is 0.569. The van der Waals surface area contributed by atoms with E-state index in [9.17, 15) is 0 Å². The van der Waals surface area contributed by atoms with Gasteiger partial charge in [-0.15, -0.1) is 0 Å². The highest BCUT2D eigenvalue weighted by Gasteiger charge is 2.35. The Morgan fingerprint density at radius 1 is 0.552 bits per heavy atom. The van der Waals surface area contributed by atoms with E-state index in [0.29, 0.717) is 0 Å². The minimum Gasteiger partial charge on any atom is -0.0619 e. The maximum atomic E-state index is 2.43. The molecule has 0 bridgehead atoms. The molecule has 0 fully saturated rings. The molecule has 0 saturated heterocycles. The molecule has 0 radical (unpaired) electrons. The lowest BCUT2D eigenvalue weighted by atomic mass is 9.78. The van der Waals surface area contributed by atoms with Crippen molar-refractivity contribution >= 4 is 0 Å². The zero-order valence-corrected chi connectivity index (χ0v) is 19.3. The van der Waals surface area contributed by atoms with Crippen molar-refractivity contribution < 1.29 is 0 Å². The van der Waals surface area contributed by atoms with Crippen LogP contribution in [0.25, 0.3) is 22.3 Å². The molecule has 0 unspecified atom stereocenters. The van der Waals surface area contributed by atoms with Gasteiger partial charge in [0.25, 0.3) is 0 Å². The quantitative estimate of drug-likeness (QED) is 0.397. The lowest BCUT2D eigenvalue weighted by Crippen LogP contribution is -2.17. The van der Waals surface area contributed by atoms with Gasteiger partial charge in [-0.2, -0.15) is 0 Å². The average Bonchev–Trinajstić information content (AvgIpc) is 2.88. The molecule has 0 amide bonds. The monoisotopic (exact) mass is 382 g/mol. The second kappa shape index (κ2) is 6.33. The fourth-order valence-electron chi connectivity index (χ4n) is 4.54. The second-order valence-corrected chi connectivity index (χ2v) is 11.2. The van der Waals surface area contributed by atoms with Crippen LogP contribution in [0.4, 0.5) is 0 Å². The number of hydrogen-bond donors (Lipinski definition) is 0. The lowest BCUT2D eigenvalue weighted by Gasteiger charge is -2.27. The van der Waals surface area contributed by atoms with E-state index in [1.807, 2.05) is 0 Å². The third-order valence-electron chi connectivity index (χ3n) is 6.58. The SMILES string of the molecule is CC(C)(C)c1cc(-c2ccc3c(c2)C(C)(C)c2ccccc2-3)cc(C(C)(C)C)c1. The van der Waals surface area contributed by atoms with Gasteiger partial charge in [0, 0.05) is 5.41 Å². The first-order valence-corrected chi connectivity index (χ1v) is 10.8. The summed E-state index contributed by atoms with van der Waals surface area (Å²) in [6, 6.07) is 23.1. The van der Waals surface area contributed by atoms with Gasteiger partial charge in [0.2, 0.25) is 0 Å². The van der Waals surface area contributed by atoms with Crippen molar-refractivity contribution in [2.24, 2.45) is 0 Å². The largest absolute Gasteiger partial charge is 0.0619 e. The van der Waals surface area contributed by atoms with Gasteiger partial charge in [-0.3, -0.25) is 0 Å². The highest BCUT2D eigenvalue weighted by Crippen LogP contribution is 2.49. The molecular weight excluding hydrogens is 348 g/mol. The van der Waals surface area contributed by atoms with Crippen LogP contribution in [0.2, 0.25) is 0 Å². The van der Waals surface area contributed by atoms with E-state index in [4.69, 9.17) is 0 Å². The van der Waals surface area contributed by atoms with E-state index in [-0.39, 0.29) is 16.2 Å². The second-order valence-electron chi connectivity index (χ2n) is 11.2. The molecule has 0 saturated carbocycles. The highest BCUT2D eigenvalue weighted by molar-refractivity contribution is 5.83. The summed E-state index contributed by atoms with van der Waals surface area (Å²) in [4.78, 5) is 0. The van der Waals surface area contributed by atoms with Crippen molar-refractivity contribution in [1.82, 2.24) is 0 Å². The van der Waals surface area contributed by atoms with Crippen molar-refractivity contribution in [3.8, 4) is 22.3 Å². The van der Waals surface area contributed by atoms with Crippen molar-refractivity contribution in [2.45, 2.75) is 71.6 Å². The molecule has 0 N–H and O–H groups in total. The summed E-state index contributed by atoms with van der Waals surface area (Å²) in [5.74, 6) is 0. The van der Waals surface area contributed by atoms with Crippen molar-refractivity contribution in [2.75, 3.05) is 0 Å². The molecule has 0 heteroatoms. The van der Waals surface area contributed by atoms with Gasteiger partial charge < -0.3 is 0 Å². The van der Waals surface area contributed by atoms with E-state index in [2.05, 4.69) is 116 Å². The molecule has 1 aliphatic carbocycles. The predicted molar refractivity (Wildman–Crippen MR) is 127 cm³/mol. The van der Waals surface area contributed by atoms with E-state index in [0.717, 1.165) is 0 Å². The van der Waals surface area contributed by atoms with Crippen LogP contribution in [-0.4, -0.2) is 0 Å². The summed E-state index contributed by atoms with van der Waals surface area (Å²) in [6.45, 7) is 18.5. The van der Waals surface area contributed by atoms with Gasteiger partial charge in [0.1, 0.15) is 0 Å². The van der Waals surface area contributed by atoms with Crippen LogP contribution in [0.1, 0.15) is 77.6 Å². The Bertz CT molecular complexity index is 1050. The van der Waals surface area contributed by atoms with Gasteiger partial charge in [0.15, 0.2) is 0 Å². The van der Waals surface area contributed by atoms with Gasteiger partial charge in [0.05, 0.1) is 0 Å². The van der Waals surface area contributed by atoms with Crippen LogP contribution < -0.4 is 0 Å². The molecule has 4 rings (SSSR count). The first kappa shape index (κ1) is 20.0. The van der Waals surface area contributed by atoms with Gasteiger partial charge in [-0.1, -0.05) is 110 Å². The molecule has 3 aromatic carbocycles. The fraction of sp³-hybridized carbons (Fsp3) is 0.379. The highest BCUT2D eigenvalue weighted by atomic mass is 14.4. The Morgan fingerprint density at radius 2 is 1.10 bits per heavy atom. The topological polar surface area (TPSA) is 0 Å². The van der Waals surface area contributed by atoms with Crippen molar-refractivity contribution in [3.05, 3.63) is 82.9 Å². The number of rotatable bonds is 1. The third kappa shape index (κ3) is 3.33. The summed E-state index contributed by atoms with van der Waals surface area (Å²) in [6.07, 6.45) is 0. The first-order valence-electron chi connectivity index (χ1n) is 10.8. The standard InChI is InChI=1S/C29H34/c1-27(2,3)21-15-20(16-22(18-21)28(4,5)6)19-13-14-24-23-11-9-10-12-25(23)29(7,8)26(24)17-19/h9-18H,1-8H3. The molecular formula is C29H34. The van der Waals surface area contributed by atoms with E-state index >= 15 is 0 Å². The Morgan fingerprint density at radius 3 is 1.69 bits per heavy atom. The molecule has 150 valence electrons. The molecule has 0 nitrogen and oxygen atoms in total. The fourth-order valence-corrected chi connectivity index (χ4v) is 4.54. The molecule has 0 aromatic heterocycles. The van der Waals surface area contributed by atoms with Gasteiger partial charge in [-0.25, -0.2) is 0 Å². The van der Waals surface area contributed by atoms with Crippen LogP contribution in [0.15, 0.2) is 60.7 Å².